The summed E-state index contributed by atoms with van der Waals surface area (Å²) in [6, 6.07) is 14.0. The molecule has 31 heavy (non-hydrogen) atoms. The number of hydrogen-bond donors (Lipinski definition) is 2. The zero-order chi connectivity index (χ0) is 22.8. The van der Waals surface area contributed by atoms with Crippen molar-refractivity contribution >= 4 is 17.8 Å². The summed E-state index contributed by atoms with van der Waals surface area (Å²) in [5.41, 5.74) is 1.43. The highest BCUT2D eigenvalue weighted by molar-refractivity contribution is 6.09. The van der Waals surface area contributed by atoms with Gasteiger partial charge in [-0.2, -0.15) is 0 Å². The number of carbonyl (C=O) groups excluding carboxylic acids is 3. The minimum Gasteiger partial charge on any atom is -0.491 e. The summed E-state index contributed by atoms with van der Waals surface area (Å²) >= 11 is 0. The van der Waals surface area contributed by atoms with Crippen LogP contribution < -0.4 is 15.4 Å². The lowest BCUT2D eigenvalue weighted by Gasteiger charge is -2.22. The largest absolute Gasteiger partial charge is 0.491 e. The van der Waals surface area contributed by atoms with Crippen molar-refractivity contribution in [3.05, 3.63) is 65.2 Å². The predicted molar refractivity (Wildman–Crippen MR) is 118 cm³/mol. The number of urea groups is 1. The summed E-state index contributed by atoms with van der Waals surface area (Å²) in [5, 5.41) is 5.57. The zero-order valence-corrected chi connectivity index (χ0v) is 18.6. The van der Waals surface area contributed by atoms with E-state index in [1.807, 2.05) is 76.2 Å². The van der Waals surface area contributed by atoms with Gasteiger partial charge in [-0.15, -0.1) is 0 Å². The molecule has 0 spiro atoms. The van der Waals surface area contributed by atoms with E-state index in [1.54, 1.807) is 6.92 Å². The van der Waals surface area contributed by atoms with Gasteiger partial charge in [-0.3, -0.25) is 14.5 Å². The van der Waals surface area contributed by atoms with Gasteiger partial charge in [-0.05, 0) is 57.9 Å². The Kier molecular flexibility index (Phi) is 6.34. The molecule has 164 valence electrons. The third-order valence-electron chi connectivity index (χ3n) is 5.33. The first kappa shape index (κ1) is 22.3. The van der Waals surface area contributed by atoms with E-state index in [2.05, 4.69) is 10.6 Å². The molecular formula is C24H29N3O4. The fourth-order valence-electron chi connectivity index (χ4n) is 3.54. The second-order valence-corrected chi connectivity index (χ2v) is 8.34. The monoisotopic (exact) mass is 423 g/mol. The maximum Gasteiger partial charge on any atom is 0.325 e. The van der Waals surface area contributed by atoms with Crippen molar-refractivity contribution in [2.75, 3.05) is 6.54 Å². The van der Waals surface area contributed by atoms with Gasteiger partial charge < -0.3 is 15.4 Å². The predicted octanol–water partition coefficient (Wildman–Crippen LogP) is 3.43. The van der Waals surface area contributed by atoms with Crippen molar-refractivity contribution in [3.8, 4) is 5.75 Å². The van der Waals surface area contributed by atoms with Crippen LogP contribution >= 0.6 is 0 Å². The van der Waals surface area contributed by atoms with Crippen LogP contribution in [0.3, 0.4) is 0 Å². The molecule has 1 fully saturated rings. The first-order valence-electron chi connectivity index (χ1n) is 10.4. The Bertz CT molecular complexity index is 969. The normalized spacial score (nSPS) is 19.4. The second-order valence-electron chi connectivity index (χ2n) is 8.34. The Balaban J connectivity index is 1.64. The lowest BCUT2D eigenvalue weighted by atomic mass is 9.91. The highest BCUT2D eigenvalue weighted by Gasteiger charge is 2.49. The van der Waals surface area contributed by atoms with E-state index in [0.717, 1.165) is 21.8 Å². The van der Waals surface area contributed by atoms with E-state index < -0.39 is 23.4 Å². The number of nitrogens with zero attached hydrogens (tertiary/aromatic N) is 1. The molecule has 0 aromatic heterocycles. The molecule has 0 bridgehead atoms. The minimum absolute atomic E-state index is 0.0812. The number of aryl methyl sites for hydroxylation is 1. The molecule has 2 aromatic rings. The molecule has 2 N–H and O–H groups in total. The molecule has 1 saturated heterocycles. The van der Waals surface area contributed by atoms with Gasteiger partial charge in [0.05, 0.1) is 12.1 Å². The molecule has 0 saturated carbocycles. The summed E-state index contributed by atoms with van der Waals surface area (Å²) in [7, 11) is 0. The second kappa shape index (κ2) is 8.79. The highest BCUT2D eigenvalue weighted by atomic mass is 16.5. The van der Waals surface area contributed by atoms with Gasteiger partial charge >= 0.3 is 6.03 Å². The first-order chi connectivity index (χ1) is 14.6. The number of nitrogens with one attached hydrogen (secondary N) is 2. The van der Waals surface area contributed by atoms with Crippen LogP contribution in [0.2, 0.25) is 0 Å². The number of imide groups is 1. The third kappa shape index (κ3) is 4.87. The van der Waals surface area contributed by atoms with Gasteiger partial charge in [0, 0.05) is 0 Å². The Morgan fingerprint density at radius 2 is 1.68 bits per heavy atom. The summed E-state index contributed by atoms with van der Waals surface area (Å²) < 4.78 is 5.63. The van der Waals surface area contributed by atoms with Crippen LogP contribution in [-0.4, -0.2) is 35.4 Å². The zero-order valence-electron chi connectivity index (χ0n) is 18.6. The van der Waals surface area contributed by atoms with Crippen molar-refractivity contribution < 1.29 is 19.1 Å². The van der Waals surface area contributed by atoms with Gasteiger partial charge in [0.2, 0.25) is 5.91 Å². The Labute approximate surface area is 182 Å². The first-order valence-corrected chi connectivity index (χ1v) is 10.4. The lowest BCUT2D eigenvalue weighted by Crippen LogP contribution is -2.43. The van der Waals surface area contributed by atoms with Gasteiger partial charge in [0.1, 0.15) is 17.8 Å². The quantitative estimate of drug-likeness (QED) is 0.668. The molecule has 7 heteroatoms. The highest BCUT2D eigenvalue weighted by Crippen LogP contribution is 2.29. The van der Waals surface area contributed by atoms with E-state index >= 15 is 0 Å². The summed E-state index contributed by atoms with van der Waals surface area (Å²) in [6.45, 7) is 9.01. The molecule has 3 rings (SSSR count). The molecule has 1 heterocycles. The van der Waals surface area contributed by atoms with E-state index in [9.17, 15) is 14.4 Å². The van der Waals surface area contributed by atoms with E-state index in [-0.39, 0.29) is 18.7 Å². The number of amides is 4. The maximum atomic E-state index is 13.0. The fraction of sp³-hybridized carbons (Fsp3) is 0.375. The molecule has 2 unspecified atom stereocenters. The van der Waals surface area contributed by atoms with Crippen LogP contribution in [0, 0.1) is 6.92 Å². The van der Waals surface area contributed by atoms with Crippen molar-refractivity contribution in [2.24, 2.45) is 0 Å². The Morgan fingerprint density at radius 1 is 1.06 bits per heavy atom. The van der Waals surface area contributed by atoms with Gasteiger partial charge in [0.25, 0.3) is 5.91 Å². The van der Waals surface area contributed by atoms with E-state index in [0.29, 0.717) is 5.56 Å². The molecule has 4 amide bonds. The number of ether oxygens (including phenoxy) is 1. The molecule has 2 atom stereocenters. The maximum absolute atomic E-state index is 13.0. The van der Waals surface area contributed by atoms with Crippen LogP contribution in [-0.2, 0) is 15.1 Å². The van der Waals surface area contributed by atoms with Crippen molar-refractivity contribution in [1.29, 1.82) is 0 Å². The SMILES string of the molecule is Cc1ccc(C2(C)NC(=O)N(CC(=O)NC(C)c3ccc(OC(C)C)cc3)C2=O)cc1. The van der Waals surface area contributed by atoms with Gasteiger partial charge in [0.15, 0.2) is 0 Å². The van der Waals surface area contributed by atoms with Crippen LogP contribution in [0.4, 0.5) is 4.79 Å². The smallest absolute Gasteiger partial charge is 0.325 e. The minimum atomic E-state index is -1.19. The van der Waals surface area contributed by atoms with Crippen LogP contribution in [0.1, 0.15) is 50.4 Å². The van der Waals surface area contributed by atoms with Crippen LogP contribution in [0.15, 0.2) is 48.5 Å². The number of hydrogen-bond acceptors (Lipinski definition) is 4. The van der Waals surface area contributed by atoms with Crippen LogP contribution in [0.25, 0.3) is 0 Å². The molecule has 0 radical (unpaired) electrons. The Morgan fingerprint density at radius 3 is 2.26 bits per heavy atom. The lowest BCUT2D eigenvalue weighted by molar-refractivity contribution is -0.135. The molecule has 2 aromatic carbocycles. The fourth-order valence-corrected chi connectivity index (χ4v) is 3.54. The summed E-state index contributed by atoms with van der Waals surface area (Å²) in [4.78, 5) is 39.0. The van der Waals surface area contributed by atoms with Crippen molar-refractivity contribution in [1.82, 2.24) is 15.5 Å². The number of benzene rings is 2. The third-order valence-corrected chi connectivity index (χ3v) is 5.33. The summed E-state index contributed by atoms with van der Waals surface area (Å²) in [5.74, 6) is -0.0991. The number of carbonyl (C=O) groups is 3. The molecule has 1 aliphatic rings. The molecule has 0 aliphatic carbocycles. The standard InChI is InChI=1S/C24H29N3O4/c1-15(2)31-20-12-8-18(9-13-20)17(4)25-21(28)14-27-22(29)24(5,26-23(27)30)19-10-6-16(3)7-11-19/h6-13,15,17H,14H2,1-5H3,(H,25,28)(H,26,30). The van der Waals surface area contributed by atoms with E-state index in [4.69, 9.17) is 4.74 Å². The molecule has 7 nitrogen and oxygen atoms in total. The van der Waals surface area contributed by atoms with Gasteiger partial charge in [-0.25, -0.2) is 4.79 Å². The number of rotatable bonds is 7. The van der Waals surface area contributed by atoms with Gasteiger partial charge in [-0.1, -0.05) is 42.0 Å². The van der Waals surface area contributed by atoms with Crippen molar-refractivity contribution in [2.45, 2.75) is 52.3 Å². The average Bonchev–Trinajstić information content (AvgIpc) is 2.92. The summed E-state index contributed by atoms with van der Waals surface area (Å²) in [6.07, 6.45) is 0.0812. The van der Waals surface area contributed by atoms with Crippen molar-refractivity contribution in [3.63, 3.8) is 0 Å². The average molecular weight is 424 g/mol. The molecule has 1 aliphatic heterocycles. The molecular weight excluding hydrogens is 394 g/mol. The topological polar surface area (TPSA) is 87.7 Å². The Hall–Kier alpha value is -3.35. The van der Waals surface area contributed by atoms with E-state index in [1.165, 1.54) is 0 Å². The van der Waals surface area contributed by atoms with Crippen LogP contribution in [0.5, 0.6) is 5.75 Å².